The minimum atomic E-state index is -2.20. The maximum atomic E-state index is 12.9. The predicted molar refractivity (Wildman–Crippen MR) is 114 cm³/mol. The molecule has 2 unspecified atom stereocenters. The van der Waals surface area contributed by atoms with Crippen LogP contribution in [0.2, 0.25) is 0 Å². The van der Waals surface area contributed by atoms with Gasteiger partial charge in [0.05, 0.1) is 16.4 Å². The van der Waals surface area contributed by atoms with E-state index in [4.69, 9.17) is 4.18 Å². The van der Waals surface area contributed by atoms with E-state index in [1.165, 1.54) is 0 Å². The van der Waals surface area contributed by atoms with Crippen LogP contribution in [0.4, 0.5) is 0 Å². The van der Waals surface area contributed by atoms with E-state index in [1.54, 1.807) is 19.1 Å². The van der Waals surface area contributed by atoms with Crippen molar-refractivity contribution in [3.05, 3.63) is 72.8 Å². The summed E-state index contributed by atoms with van der Waals surface area (Å²) in [4.78, 5) is 0.772. The second-order valence-electron chi connectivity index (χ2n) is 6.21. The molecule has 0 bridgehead atoms. The Morgan fingerprint density at radius 1 is 0.750 bits per heavy atom. The molecule has 28 heavy (non-hydrogen) atoms. The Hall–Kier alpha value is -2.38. The molecule has 0 radical (unpaired) electrons. The third-order valence-corrected chi connectivity index (χ3v) is 6.49. The van der Waals surface area contributed by atoms with Gasteiger partial charge in [0.1, 0.15) is 0 Å². The summed E-state index contributed by atoms with van der Waals surface area (Å²) in [6.45, 7) is 2.08. The van der Waals surface area contributed by atoms with Crippen molar-refractivity contribution in [1.29, 1.82) is 0 Å². The molecule has 0 aliphatic rings. The summed E-state index contributed by atoms with van der Waals surface area (Å²) in [6.07, 6.45) is 0. The quantitative estimate of drug-likeness (QED) is 0.454. The fourth-order valence-electron chi connectivity index (χ4n) is 3.47. The Labute approximate surface area is 168 Å². The molecule has 1 N–H and O–H groups in total. The van der Waals surface area contributed by atoms with E-state index >= 15 is 0 Å². The maximum Gasteiger partial charge on any atom is 0.189 e. The van der Waals surface area contributed by atoms with Crippen molar-refractivity contribution in [2.24, 2.45) is 0 Å². The molecular formula is C22H18O4S2. The summed E-state index contributed by atoms with van der Waals surface area (Å²) >= 11 is -3.90. The van der Waals surface area contributed by atoms with Gasteiger partial charge in [-0.25, -0.2) is 8.42 Å². The van der Waals surface area contributed by atoms with Crippen LogP contribution in [0.25, 0.3) is 32.7 Å². The average molecular weight is 411 g/mol. The van der Waals surface area contributed by atoms with Crippen LogP contribution in [0, 0.1) is 0 Å². The summed E-state index contributed by atoms with van der Waals surface area (Å²) in [5.74, 6) is 0. The van der Waals surface area contributed by atoms with E-state index in [2.05, 4.69) is 0 Å². The largest absolute Gasteiger partial charge is 0.302 e. The van der Waals surface area contributed by atoms with E-state index in [0.717, 1.165) is 21.5 Å². The van der Waals surface area contributed by atoms with Gasteiger partial charge in [-0.2, -0.15) is 0 Å². The van der Waals surface area contributed by atoms with Gasteiger partial charge in [0, 0.05) is 11.1 Å². The highest BCUT2D eigenvalue weighted by molar-refractivity contribution is 7.80. The van der Waals surface area contributed by atoms with Crippen molar-refractivity contribution in [2.75, 3.05) is 6.61 Å². The molecule has 0 aliphatic carbocycles. The van der Waals surface area contributed by atoms with Crippen molar-refractivity contribution in [3.8, 4) is 11.1 Å². The van der Waals surface area contributed by atoms with E-state index < -0.39 is 22.2 Å². The Morgan fingerprint density at radius 2 is 1.25 bits per heavy atom. The number of hydrogen-bond donors (Lipinski definition) is 1. The molecule has 0 spiro atoms. The maximum absolute atomic E-state index is 12.9. The molecule has 6 heteroatoms. The molecule has 0 amide bonds. The Bertz CT molecular complexity index is 1230. The van der Waals surface area contributed by atoms with Crippen molar-refractivity contribution < 1.29 is 17.2 Å². The van der Waals surface area contributed by atoms with E-state index in [-0.39, 0.29) is 4.90 Å². The normalized spacial score (nSPS) is 13.6. The number of benzene rings is 4. The van der Waals surface area contributed by atoms with Gasteiger partial charge in [0.25, 0.3) is 0 Å². The highest BCUT2D eigenvalue weighted by Gasteiger charge is 2.22. The van der Waals surface area contributed by atoms with Crippen LogP contribution in [-0.2, 0) is 26.3 Å². The highest BCUT2D eigenvalue weighted by atomic mass is 32.2. The first-order valence-electron chi connectivity index (χ1n) is 8.81. The van der Waals surface area contributed by atoms with Crippen molar-refractivity contribution in [2.45, 2.75) is 16.7 Å². The number of fused-ring (bicyclic) bond motifs is 2. The van der Waals surface area contributed by atoms with E-state index in [0.29, 0.717) is 22.6 Å². The van der Waals surface area contributed by atoms with Gasteiger partial charge >= 0.3 is 0 Å². The zero-order chi connectivity index (χ0) is 19.7. The lowest BCUT2D eigenvalue weighted by molar-refractivity contribution is 0.372. The van der Waals surface area contributed by atoms with Gasteiger partial charge in [0.15, 0.2) is 22.2 Å². The van der Waals surface area contributed by atoms with Crippen molar-refractivity contribution in [3.63, 3.8) is 0 Å². The molecule has 0 fully saturated rings. The first-order chi connectivity index (χ1) is 13.6. The van der Waals surface area contributed by atoms with Crippen LogP contribution >= 0.6 is 0 Å². The molecule has 142 valence electrons. The number of rotatable bonds is 5. The molecular weight excluding hydrogens is 392 g/mol. The Balaban J connectivity index is 2.20. The highest BCUT2D eigenvalue weighted by Crippen LogP contribution is 2.41. The van der Waals surface area contributed by atoms with Crippen LogP contribution in [0.15, 0.2) is 82.6 Å². The van der Waals surface area contributed by atoms with Gasteiger partial charge in [-0.15, -0.1) is 0 Å². The van der Waals surface area contributed by atoms with Gasteiger partial charge in [-0.3, -0.25) is 4.18 Å². The first kappa shape index (κ1) is 19.0. The topological polar surface area (TPSA) is 63.6 Å². The van der Waals surface area contributed by atoms with Gasteiger partial charge in [0.2, 0.25) is 0 Å². The molecule has 0 aromatic heterocycles. The first-order valence-corrected chi connectivity index (χ1v) is 11.0. The number of hydrogen-bond acceptors (Lipinski definition) is 3. The SMILES string of the molecule is CCOS(=O)c1ccc2ccccc2c1-c1c(S(=O)O)ccc2ccccc12. The van der Waals surface area contributed by atoms with Crippen LogP contribution in [0.5, 0.6) is 0 Å². The average Bonchev–Trinajstić information content (AvgIpc) is 2.72. The molecule has 4 aromatic rings. The van der Waals surface area contributed by atoms with Crippen molar-refractivity contribution in [1.82, 2.24) is 0 Å². The minimum absolute atomic E-state index is 0.282. The third-order valence-electron chi connectivity index (χ3n) is 4.62. The molecule has 0 heterocycles. The second-order valence-corrected chi connectivity index (χ2v) is 8.29. The molecule has 4 nitrogen and oxygen atoms in total. The lowest BCUT2D eigenvalue weighted by Gasteiger charge is -2.17. The standard InChI is InChI=1S/C22H18O4S2/c1-2-26-28(25)20-14-12-16-8-4-6-10-18(16)22(20)21-17-9-5-3-7-15(17)11-13-19(21)27(23)24/h3-14H,2H2,1H3,(H,23,24). The van der Waals surface area contributed by atoms with Crippen LogP contribution < -0.4 is 0 Å². The zero-order valence-corrected chi connectivity index (χ0v) is 16.8. The summed E-state index contributed by atoms with van der Waals surface area (Å²) in [5, 5.41) is 3.58. The van der Waals surface area contributed by atoms with Crippen LogP contribution in [0.3, 0.4) is 0 Å². The monoisotopic (exact) mass is 410 g/mol. The van der Waals surface area contributed by atoms with Gasteiger partial charge in [-0.05, 0) is 40.6 Å². The molecule has 4 rings (SSSR count). The fourth-order valence-corrected chi connectivity index (χ4v) is 4.94. The second kappa shape index (κ2) is 7.93. The smallest absolute Gasteiger partial charge is 0.189 e. The predicted octanol–water partition coefficient (Wildman–Crippen LogP) is 5.30. The van der Waals surface area contributed by atoms with Gasteiger partial charge < -0.3 is 4.55 Å². The third kappa shape index (κ3) is 3.29. The summed E-state index contributed by atoms with van der Waals surface area (Å²) in [5.41, 5.74) is 1.28. The fraction of sp³-hybridized carbons (Fsp3) is 0.0909. The minimum Gasteiger partial charge on any atom is -0.302 e. The molecule has 0 aliphatic heterocycles. The van der Waals surface area contributed by atoms with E-state index in [1.807, 2.05) is 60.7 Å². The molecule has 4 aromatic carbocycles. The van der Waals surface area contributed by atoms with Crippen LogP contribution in [0.1, 0.15) is 6.92 Å². The zero-order valence-electron chi connectivity index (χ0n) is 15.1. The Kier molecular flexibility index (Phi) is 5.37. The Morgan fingerprint density at radius 3 is 1.79 bits per heavy atom. The van der Waals surface area contributed by atoms with Crippen LogP contribution in [-0.4, -0.2) is 19.6 Å². The summed E-state index contributed by atoms with van der Waals surface area (Å²) in [7, 11) is 0. The lowest BCUT2D eigenvalue weighted by Crippen LogP contribution is -2.03. The summed E-state index contributed by atoms with van der Waals surface area (Å²) in [6, 6.07) is 22.6. The van der Waals surface area contributed by atoms with E-state index in [9.17, 15) is 13.0 Å². The lowest BCUT2D eigenvalue weighted by atomic mass is 9.94. The summed E-state index contributed by atoms with van der Waals surface area (Å²) < 4.78 is 40.4. The molecule has 2 atom stereocenters. The van der Waals surface area contributed by atoms with Gasteiger partial charge in [-0.1, -0.05) is 60.7 Å². The molecule has 0 saturated carbocycles. The van der Waals surface area contributed by atoms with Crippen molar-refractivity contribution >= 4 is 43.7 Å². The molecule has 0 saturated heterocycles.